The highest BCUT2D eigenvalue weighted by atomic mass is 16.5. The lowest BCUT2D eigenvalue weighted by Gasteiger charge is -2.40. The van der Waals surface area contributed by atoms with Crippen molar-refractivity contribution in [3.05, 3.63) is 59.7 Å². The third-order valence-corrected chi connectivity index (χ3v) is 8.10. The number of benzene rings is 2. The first-order valence-electron chi connectivity index (χ1n) is 12.6. The van der Waals surface area contributed by atoms with E-state index < -0.39 is 12.1 Å². The summed E-state index contributed by atoms with van der Waals surface area (Å²) in [4.78, 5) is 36.3. The van der Waals surface area contributed by atoms with Crippen molar-refractivity contribution >= 4 is 18.0 Å². The number of ether oxygens (including phenoxy) is 1. The third-order valence-electron chi connectivity index (χ3n) is 8.10. The Bertz CT molecular complexity index is 1090. The Balaban J connectivity index is 1.12. The fraction of sp³-hybridized carbons (Fsp3) is 0.464. The maximum absolute atomic E-state index is 12.7. The lowest BCUT2D eigenvalue weighted by Crippen LogP contribution is -2.50. The van der Waals surface area contributed by atoms with Gasteiger partial charge in [-0.15, -0.1) is 0 Å². The van der Waals surface area contributed by atoms with Gasteiger partial charge in [-0.05, 0) is 59.8 Å². The molecular formula is C28H32N2O5. The number of hydrogen-bond acceptors (Lipinski definition) is 4. The van der Waals surface area contributed by atoms with Crippen molar-refractivity contribution in [1.82, 2.24) is 10.6 Å². The molecule has 0 heterocycles. The van der Waals surface area contributed by atoms with Crippen molar-refractivity contribution < 1.29 is 24.2 Å². The van der Waals surface area contributed by atoms with Crippen LogP contribution in [0.1, 0.15) is 56.1 Å². The van der Waals surface area contributed by atoms with Crippen LogP contribution in [0.2, 0.25) is 0 Å². The molecule has 3 N–H and O–H groups in total. The first-order valence-corrected chi connectivity index (χ1v) is 12.6. The molecule has 2 amide bonds. The van der Waals surface area contributed by atoms with Gasteiger partial charge in [0.1, 0.15) is 6.61 Å². The number of amides is 2. The maximum atomic E-state index is 12.7. The van der Waals surface area contributed by atoms with Gasteiger partial charge < -0.3 is 20.5 Å². The van der Waals surface area contributed by atoms with E-state index in [-0.39, 0.29) is 48.8 Å². The Kier molecular flexibility index (Phi) is 6.50. The van der Waals surface area contributed by atoms with E-state index in [1.165, 1.54) is 22.3 Å². The zero-order valence-corrected chi connectivity index (χ0v) is 19.9. The Morgan fingerprint density at radius 1 is 1.00 bits per heavy atom. The zero-order valence-electron chi connectivity index (χ0n) is 19.9. The molecule has 3 aliphatic carbocycles. The second kappa shape index (κ2) is 9.72. The summed E-state index contributed by atoms with van der Waals surface area (Å²) in [5.41, 5.74) is 4.76. The standard InChI is InChI=1S/C28H32N2O5/c1-2-18(14-26(31)32)29-27(33)17-11-16-13-25(23(16)12-17)30-28(34)35-15-24-21-9-5-3-7-19(21)20-8-4-6-10-22(20)24/h3-10,16-18,23-25H,2,11-15H2,1H3,(H,29,33)(H,30,34)(H,31,32)/t16-,17?,18+,23-,25+/m1/s1. The van der Waals surface area contributed by atoms with E-state index in [0.29, 0.717) is 18.8 Å². The summed E-state index contributed by atoms with van der Waals surface area (Å²) in [7, 11) is 0. The second-order valence-corrected chi connectivity index (χ2v) is 10.1. The minimum absolute atomic E-state index is 0.0226. The summed E-state index contributed by atoms with van der Waals surface area (Å²) < 4.78 is 5.69. The molecule has 5 rings (SSSR count). The molecule has 0 aromatic heterocycles. The van der Waals surface area contributed by atoms with Crippen LogP contribution in [0.3, 0.4) is 0 Å². The van der Waals surface area contributed by atoms with Gasteiger partial charge in [0.25, 0.3) is 0 Å². The van der Waals surface area contributed by atoms with Crippen LogP contribution in [-0.2, 0) is 14.3 Å². The summed E-state index contributed by atoms with van der Waals surface area (Å²) in [5.74, 6) is -0.375. The van der Waals surface area contributed by atoms with E-state index >= 15 is 0 Å². The highest BCUT2D eigenvalue weighted by Crippen LogP contribution is 2.50. The second-order valence-electron chi connectivity index (χ2n) is 10.1. The molecule has 1 unspecified atom stereocenters. The van der Waals surface area contributed by atoms with Gasteiger partial charge in [-0.2, -0.15) is 0 Å². The Morgan fingerprint density at radius 3 is 2.29 bits per heavy atom. The number of rotatable bonds is 8. The van der Waals surface area contributed by atoms with Crippen molar-refractivity contribution in [1.29, 1.82) is 0 Å². The first-order chi connectivity index (χ1) is 16.9. The van der Waals surface area contributed by atoms with E-state index in [4.69, 9.17) is 9.84 Å². The normalized spacial score (nSPS) is 24.9. The molecule has 0 radical (unpaired) electrons. The predicted molar refractivity (Wildman–Crippen MR) is 131 cm³/mol. The molecule has 7 heteroatoms. The summed E-state index contributed by atoms with van der Waals surface area (Å²) in [6, 6.07) is 16.2. The predicted octanol–water partition coefficient (Wildman–Crippen LogP) is 4.31. The van der Waals surface area contributed by atoms with Crippen LogP contribution < -0.4 is 10.6 Å². The van der Waals surface area contributed by atoms with Crippen LogP contribution in [0.4, 0.5) is 4.79 Å². The number of carboxylic acids is 1. The van der Waals surface area contributed by atoms with Crippen LogP contribution in [0, 0.1) is 17.8 Å². The average Bonchev–Trinajstić information content (AvgIpc) is 3.35. The van der Waals surface area contributed by atoms with Gasteiger partial charge in [-0.1, -0.05) is 55.5 Å². The van der Waals surface area contributed by atoms with Crippen molar-refractivity contribution in [2.45, 2.75) is 57.0 Å². The molecule has 2 aromatic rings. The van der Waals surface area contributed by atoms with Gasteiger partial charge >= 0.3 is 12.1 Å². The van der Waals surface area contributed by atoms with E-state index in [2.05, 4.69) is 34.9 Å². The van der Waals surface area contributed by atoms with Gasteiger partial charge in [0.15, 0.2) is 0 Å². The summed E-state index contributed by atoms with van der Waals surface area (Å²) >= 11 is 0. The van der Waals surface area contributed by atoms with Crippen LogP contribution in [0.25, 0.3) is 11.1 Å². The van der Waals surface area contributed by atoms with Gasteiger partial charge in [-0.25, -0.2) is 4.79 Å². The number of nitrogens with one attached hydrogen (secondary N) is 2. The molecule has 0 saturated heterocycles. The van der Waals surface area contributed by atoms with E-state index in [0.717, 1.165) is 12.8 Å². The summed E-state index contributed by atoms with van der Waals surface area (Å²) in [6.07, 6.45) is 2.48. The average molecular weight is 477 g/mol. The smallest absolute Gasteiger partial charge is 0.407 e. The van der Waals surface area contributed by atoms with Crippen molar-refractivity contribution in [2.75, 3.05) is 6.61 Å². The molecule has 2 saturated carbocycles. The Morgan fingerprint density at radius 2 is 1.66 bits per heavy atom. The molecule has 0 bridgehead atoms. The highest BCUT2D eigenvalue weighted by Gasteiger charge is 2.50. The minimum atomic E-state index is -0.906. The largest absolute Gasteiger partial charge is 0.481 e. The van der Waals surface area contributed by atoms with Gasteiger partial charge in [-0.3, -0.25) is 9.59 Å². The SMILES string of the molecule is CC[C@@H](CC(=O)O)NC(=O)C1C[C@@H]2C[C@H](NC(=O)OCC3c4ccccc4-c4ccccc43)[C@@H]2C1. The molecular weight excluding hydrogens is 444 g/mol. The number of alkyl carbamates (subject to hydrolysis) is 1. The highest BCUT2D eigenvalue weighted by molar-refractivity contribution is 5.81. The van der Waals surface area contributed by atoms with E-state index in [1.807, 2.05) is 31.2 Å². The molecule has 5 atom stereocenters. The van der Waals surface area contributed by atoms with Gasteiger partial charge in [0, 0.05) is 23.9 Å². The van der Waals surface area contributed by atoms with Crippen LogP contribution in [0.5, 0.6) is 0 Å². The van der Waals surface area contributed by atoms with E-state index in [1.54, 1.807) is 0 Å². The van der Waals surface area contributed by atoms with Crippen molar-refractivity contribution in [2.24, 2.45) is 17.8 Å². The first kappa shape index (κ1) is 23.4. The third kappa shape index (κ3) is 4.64. The molecule has 2 aromatic carbocycles. The van der Waals surface area contributed by atoms with Crippen LogP contribution >= 0.6 is 0 Å². The molecule has 0 aliphatic heterocycles. The fourth-order valence-corrected chi connectivity index (χ4v) is 6.23. The van der Waals surface area contributed by atoms with E-state index in [9.17, 15) is 14.4 Å². The summed E-state index contributed by atoms with van der Waals surface area (Å²) in [5, 5.41) is 14.9. The van der Waals surface area contributed by atoms with Crippen LogP contribution in [-0.4, -0.2) is 41.8 Å². The van der Waals surface area contributed by atoms with Crippen molar-refractivity contribution in [3.8, 4) is 11.1 Å². The molecule has 0 spiro atoms. The number of fused-ring (bicyclic) bond motifs is 4. The lowest BCUT2D eigenvalue weighted by molar-refractivity contribution is -0.137. The quantitative estimate of drug-likeness (QED) is 0.527. The number of hydrogen-bond donors (Lipinski definition) is 3. The summed E-state index contributed by atoms with van der Waals surface area (Å²) in [6.45, 7) is 2.16. The molecule has 2 fully saturated rings. The van der Waals surface area contributed by atoms with Gasteiger partial charge in [0.05, 0.1) is 6.42 Å². The topological polar surface area (TPSA) is 105 Å². The Hall–Kier alpha value is -3.35. The monoisotopic (exact) mass is 476 g/mol. The van der Waals surface area contributed by atoms with Crippen molar-refractivity contribution in [3.63, 3.8) is 0 Å². The molecule has 3 aliphatic rings. The lowest BCUT2D eigenvalue weighted by atomic mass is 9.71. The van der Waals surface area contributed by atoms with Gasteiger partial charge in [0.2, 0.25) is 5.91 Å². The molecule has 7 nitrogen and oxygen atoms in total. The minimum Gasteiger partial charge on any atom is -0.481 e. The molecule has 184 valence electrons. The molecule has 35 heavy (non-hydrogen) atoms. The number of carboxylic acid groups (broad SMARTS) is 1. The maximum Gasteiger partial charge on any atom is 0.407 e. The number of aliphatic carboxylic acids is 1. The number of carbonyl (C=O) groups is 3. The Labute approximate surface area is 205 Å². The fourth-order valence-electron chi connectivity index (χ4n) is 6.23. The number of carbonyl (C=O) groups excluding carboxylic acids is 2. The zero-order chi connectivity index (χ0) is 24.5. The van der Waals surface area contributed by atoms with Crippen LogP contribution in [0.15, 0.2) is 48.5 Å².